The molecule has 0 bridgehead atoms. The lowest BCUT2D eigenvalue weighted by Gasteiger charge is -2.41. The van der Waals surface area contributed by atoms with Crippen LogP contribution in [-0.4, -0.2) is 98.3 Å². The van der Waals surface area contributed by atoms with E-state index in [0.29, 0.717) is 12.8 Å². The number of carbonyl (C=O) groups excluding carboxylic acids is 2. The van der Waals surface area contributed by atoms with E-state index in [0.717, 1.165) is 85.9 Å². The molecule has 6 N–H and O–H groups in total. The SMILES string of the molecule is CCCCCC1CC1CC1CC1CCCCCCCC(=O)OC[C@H](COP(=O)(O)OC1[C@@H](O)[C@H](O)C(O)[C@H](O)[C@@H]1O)OC(=O)CCCCCCCC1CC1CC1CC1CCCCC. The summed E-state index contributed by atoms with van der Waals surface area (Å²) in [6.07, 6.45) is 19.1. The molecule has 366 valence electrons. The number of ether oxygens (including phenoxy) is 2. The molecule has 63 heavy (non-hydrogen) atoms. The van der Waals surface area contributed by atoms with E-state index in [1.165, 1.54) is 116 Å². The average molecular weight is 915 g/mol. The van der Waals surface area contributed by atoms with Gasteiger partial charge in [-0.15, -0.1) is 0 Å². The first kappa shape index (κ1) is 52.8. The molecule has 5 rings (SSSR count). The fourth-order valence-corrected chi connectivity index (χ4v) is 11.6. The maximum absolute atomic E-state index is 12.9. The largest absolute Gasteiger partial charge is 0.472 e. The Morgan fingerprint density at radius 1 is 0.508 bits per heavy atom. The van der Waals surface area contributed by atoms with Gasteiger partial charge in [0.05, 0.1) is 6.61 Å². The highest BCUT2D eigenvalue weighted by atomic mass is 31.2. The van der Waals surface area contributed by atoms with Crippen molar-refractivity contribution in [3.05, 3.63) is 0 Å². The molecule has 5 aliphatic rings. The van der Waals surface area contributed by atoms with Crippen molar-refractivity contribution < 1.29 is 63.1 Å². The van der Waals surface area contributed by atoms with Gasteiger partial charge < -0.3 is 39.9 Å². The van der Waals surface area contributed by atoms with Crippen LogP contribution in [0.1, 0.15) is 194 Å². The Kier molecular flexibility index (Phi) is 22.6. The summed E-state index contributed by atoms with van der Waals surface area (Å²) in [7, 11) is -5.11. The van der Waals surface area contributed by atoms with Crippen LogP contribution in [0, 0.1) is 47.3 Å². The van der Waals surface area contributed by atoms with E-state index in [1.807, 2.05) is 0 Å². The molecule has 14 heteroatoms. The van der Waals surface area contributed by atoms with Gasteiger partial charge in [0.25, 0.3) is 0 Å². The second kappa shape index (κ2) is 27.0. The molecule has 11 unspecified atom stereocenters. The molecule has 5 saturated carbocycles. The lowest BCUT2D eigenvalue weighted by atomic mass is 9.85. The Hall–Kier alpha value is -1.15. The molecule has 0 aromatic heterocycles. The van der Waals surface area contributed by atoms with Crippen molar-refractivity contribution in [2.75, 3.05) is 13.2 Å². The highest BCUT2D eigenvalue weighted by Crippen LogP contribution is 2.56. The Morgan fingerprint density at radius 2 is 0.889 bits per heavy atom. The van der Waals surface area contributed by atoms with E-state index in [4.69, 9.17) is 18.5 Å². The first-order valence-electron chi connectivity index (χ1n) is 25.7. The number of phosphoric acid groups is 1. The molecule has 0 heterocycles. The van der Waals surface area contributed by atoms with Gasteiger partial charge in [0.15, 0.2) is 6.10 Å². The number of aliphatic hydroxyl groups is 5. The number of carbonyl (C=O) groups is 2. The van der Waals surface area contributed by atoms with Gasteiger partial charge >= 0.3 is 19.8 Å². The minimum Gasteiger partial charge on any atom is -0.462 e. The molecular weight excluding hydrogens is 827 g/mol. The van der Waals surface area contributed by atoms with E-state index < -0.39 is 75.7 Å². The maximum Gasteiger partial charge on any atom is 0.472 e. The highest BCUT2D eigenvalue weighted by Gasteiger charge is 2.52. The second-order valence-corrected chi connectivity index (χ2v) is 22.1. The average Bonchev–Trinajstić information content (AvgIpc) is 4.09. The molecule has 0 saturated heterocycles. The van der Waals surface area contributed by atoms with Gasteiger partial charge in [0.1, 0.15) is 43.2 Å². The van der Waals surface area contributed by atoms with Gasteiger partial charge in [0, 0.05) is 12.8 Å². The van der Waals surface area contributed by atoms with Crippen LogP contribution in [-0.2, 0) is 32.7 Å². The fourth-order valence-electron chi connectivity index (χ4n) is 10.6. The third kappa shape index (κ3) is 19.2. The molecule has 0 amide bonds. The van der Waals surface area contributed by atoms with Gasteiger partial charge in [-0.3, -0.25) is 18.6 Å². The van der Waals surface area contributed by atoms with Crippen molar-refractivity contribution in [1.82, 2.24) is 0 Å². The summed E-state index contributed by atoms with van der Waals surface area (Å²) in [5.41, 5.74) is 0. The Morgan fingerprint density at radius 3 is 1.33 bits per heavy atom. The third-order valence-electron chi connectivity index (χ3n) is 15.2. The summed E-state index contributed by atoms with van der Waals surface area (Å²) in [5.74, 6) is 6.62. The van der Waals surface area contributed by atoms with Crippen LogP contribution in [0.3, 0.4) is 0 Å². The summed E-state index contributed by atoms with van der Waals surface area (Å²) < 4.78 is 33.8. The number of rotatable bonds is 36. The second-order valence-electron chi connectivity index (χ2n) is 20.7. The zero-order valence-corrected chi connectivity index (χ0v) is 39.8. The third-order valence-corrected chi connectivity index (χ3v) is 16.2. The van der Waals surface area contributed by atoms with E-state index in [-0.39, 0.29) is 12.8 Å². The number of hydrogen-bond acceptors (Lipinski definition) is 12. The normalized spacial score (nSPS) is 34.5. The van der Waals surface area contributed by atoms with Gasteiger partial charge in [-0.25, -0.2) is 4.57 Å². The van der Waals surface area contributed by atoms with E-state index in [1.54, 1.807) is 0 Å². The first-order valence-corrected chi connectivity index (χ1v) is 27.2. The Bertz CT molecular complexity index is 1370. The molecule has 13 nitrogen and oxygen atoms in total. The molecule has 16 atom stereocenters. The summed E-state index contributed by atoms with van der Waals surface area (Å²) in [6, 6.07) is 0. The van der Waals surface area contributed by atoms with Crippen molar-refractivity contribution in [3.63, 3.8) is 0 Å². The topological polar surface area (TPSA) is 210 Å². The number of esters is 2. The lowest BCUT2D eigenvalue weighted by molar-refractivity contribution is -0.220. The van der Waals surface area contributed by atoms with Crippen molar-refractivity contribution >= 4 is 19.8 Å². The minimum atomic E-state index is -5.11. The predicted molar refractivity (Wildman–Crippen MR) is 240 cm³/mol. The van der Waals surface area contributed by atoms with Gasteiger partial charge in [-0.05, 0) is 98.7 Å². The quantitative estimate of drug-likeness (QED) is 0.0198. The zero-order valence-electron chi connectivity index (χ0n) is 38.9. The first-order chi connectivity index (χ1) is 30.3. The Balaban J connectivity index is 0.939. The molecule has 5 aliphatic carbocycles. The van der Waals surface area contributed by atoms with Crippen molar-refractivity contribution in [2.24, 2.45) is 47.3 Å². The number of hydrogen-bond donors (Lipinski definition) is 6. The smallest absolute Gasteiger partial charge is 0.462 e. The summed E-state index contributed by atoms with van der Waals surface area (Å²) in [4.78, 5) is 36.0. The summed E-state index contributed by atoms with van der Waals surface area (Å²) >= 11 is 0. The van der Waals surface area contributed by atoms with Crippen LogP contribution in [0.2, 0.25) is 0 Å². The molecular formula is C49H87O13P. The van der Waals surface area contributed by atoms with Crippen LogP contribution in [0.5, 0.6) is 0 Å². The fraction of sp³-hybridized carbons (Fsp3) is 0.959. The van der Waals surface area contributed by atoms with Gasteiger partial charge in [-0.1, -0.05) is 129 Å². The number of aliphatic hydroxyl groups excluding tert-OH is 5. The minimum absolute atomic E-state index is 0.114. The molecule has 0 aromatic carbocycles. The predicted octanol–water partition coefficient (Wildman–Crippen LogP) is 8.71. The maximum atomic E-state index is 12.9. The van der Waals surface area contributed by atoms with Crippen molar-refractivity contribution in [3.8, 4) is 0 Å². The lowest BCUT2D eigenvalue weighted by Crippen LogP contribution is -2.64. The molecule has 0 radical (unpaired) electrons. The van der Waals surface area contributed by atoms with Gasteiger partial charge in [-0.2, -0.15) is 0 Å². The summed E-state index contributed by atoms with van der Waals surface area (Å²) in [5, 5.41) is 50.3. The number of phosphoric ester groups is 1. The van der Waals surface area contributed by atoms with Crippen molar-refractivity contribution in [1.29, 1.82) is 0 Å². The van der Waals surface area contributed by atoms with Crippen LogP contribution in [0.15, 0.2) is 0 Å². The Labute approximate surface area is 378 Å². The van der Waals surface area contributed by atoms with Crippen LogP contribution >= 0.6 is 7.82 Å². The van der Waals surface area contributed by atoms with E-state index in [9.17, 15) is 44.6 Å². The molecule has 0 aromatic rings. The van der Waals surface area contributed by atoms with Crippen LogP contribution in [0.25, 0.3) is 0 Å². The monoisotopic (exact) mass is 915 g/mol. The molecule has 0 spiro atoms. The molecule has 0 aliphatic heterocycles. The van der Waals surface area contributed by atoms with Gasteiger partial charge in [0.2, 0.25) is 0 Å². The van der Waals surface area contributed by atoms with E-state index in [2.05, 4.69) is 13.8 Å². The van der Waals surface area contributed by atoms with Crippen LogP contribution in [0.4, 0.5) is 0 Å². The van der Waals surface area contributed by atoms with Crippen molar-refractivity contribution in [2.45, 2.75) is 236 Å². The number of unbranched alkanes of at least 4 members (excludes halogenated alkanes) is 12. The zero-order chi connectivity index (χ0) is 45.4. The molecule has 5 fully saturated rings. The standard InChI is InChI=1S/C49H87O13P/c1-3-5-13-19-33-25-37(33)29-39-27-35(39)21-15-9-7-11-17-23-42(50)59-31-41(32-60-63(57,58)62-49-47(55)45(53)44(52)46(54)48(49)56)61-43(51)24-18-12-8-10-16-22-36-28-40(36)30-38-26-34(38)20-14-6-4-2/h33-41,44-49,52-56H,3-32H2,1-2H3,(H,57,58)/t33?,34?,35?,36?,37?,38?,39?,40?,41-,44?,45-,46+,47+,48+,49?/m1/s1. The van der Waals surface area contributed by atoms with E-state index >= 15 is 0 Å². The summed E-state index contributed by atoms with van der Waals surface area (Å²) in [6.45, 7) is 3.40. The van der Waals surface area contributed by atoms with Crippen LogP contribution < -0.4 is 0 Å². The highest BCUT2D eigenvalue weighted by molar-refractivity contribution is 7.47.